The lowest BCUT2D eigenvalue weighted by molar-refractivity contribution is -0.118. The lowest BCUT2D eigenvalue weighted by atomic mass is 10.2. The van der Waals surface area contributed by atoms with Gasteiger partial charge >= 0.3 is 0 Å². The average molecular weight is 301 g/mol. The molecule has 0 radical (unpaired) electrons. The monoisotopic (exact) mass is 301 g/mol. The number of aromatic nitrogens is 1. The van der Waals surface area contributed by atoms with Crippen molar-refractivity contribution in [3.05, 3.63) is 48.3 Å². The predicted octanol–water partition coefficient (Wildman–Crippen LogP) is 2.09. The van der Waals surface area contributed by atoms with E-state index in [1.54, 1.807) is 30.6 Å². The van der Waals surface area contributed by atoms with E-state index >= 15 is 0 Å². The minimum absolute atomic E-state index is 0.174. The van der Waals surface area contributed by atoms with E-state index in [9.17, 15) is 4.79 Å². The molecule has 1 heterocycles. The van der Waals surface area contributed by atoms with Gasteiger partial charge in [-0.25, -0.2) is 0 Å². The maximum Gasteiger partial charge on any atom is 0.243 e. The summed E-state index contributed by atoms with van der Waals surface area (Å²) in [6, 6.07) is 8.30. The largest absolute Gasteiger partial charge is 0.455 e. The highest BCUT2D eigenvalue weighted by Gasteiger charge is 2.13. The number of methoxy groups -OCH3 is 1. The van der Waals surface area contributed by atoms with E-state index < -0.39 is 6.04 Å². The van der Waals surface area contributed by atoms with Crippen molar-refractivity contribution in [2.45, 2.75) is 13.0 Å². The number of nitrogens with zero attached hydrogens (tertiary/aromatic N) is 1. The van der Waals surface area contributed by atoms with Gasteiger partial charge in [-0.2, -0.15) is 0 Å². The van der Waals surface area contributed by atoms with Crippen molar-refractivity contribution in [2.24, 2.45) is 5.73 Å². The molecule has 0 spiro atoms. The van der Waals surface area contributed by atoms with Gasteiger partial charge in [0.25, 0.3) is 0 Å². The Hall–Kier alpha value is -2.44. The number of hydrogen-bond donors (Lipinski definition) is 2. The van der Waals surface area contributed by atoms with Gasteiger partial charge in [0.15, 0.2) is 0 Å². The Morgan fingerprint density at radius 1 is 1.41 bits per heavy atom. The van der Waals surface area contributed by atoms with Gasteiger partial charge < -0.3 is 20.5 Å². The maximum absolute atomic E-state index is 11.8. The third-order valence-electron chi connectivity index (χ3n) is 2.99. The lowest BCUT2D eigenvalue weighted by Crippen LogP contribution is -2.39. The molecular formula is C16H19N3O3. The Bertz CT molecular complexity index is 632. The molecule has 0 bridgehead atoms. The maximum atomic E-state index is 11.8. The van der Waals surface area contributed by atoms with Crippen LogP contribution in [0.25, 0.3) is 0 Å². The number of aryl methyl sites for hydroxylation is 1. The Kier molecular flexibility index (Phi) is 5.46. The molecule has 3 N–H and O–H groups in total. The lowest BCUT2D eigenvalue weighted by Gasteiger charge is -2.13. The van der Waals surface area contributed by atoms with Gasteiger partial charge in [0.2, 0.25) is 5.91 Å². The summed E-state index contributed by atoms with van der Waals surface area (Å²) in [6.45, 7) is 2.07. The van der Waals surface area contributed by atoms with E-state index in [-0.39, 0.29) is 12.5 Å². The van der Waals surface area contributed by atoms with Gasteiger partial charge in [-0.05, 0) is 42.8 Å². The third kappa shape index (κ3) is 4.28. The second kappa shape index (κ2) is 7.53. The van der Waals surface area contributed by atoms with E-state index in [2.05, 4.69) is 10.3 Å². The van der Waals surface area contributed by atoms with Crippen LogP contribution in [0.15, 0.2) is 42.7 Å². The van der Waals surface area contributed by atoms with Crippen LogP contribution in [0.4, 0.5) is 5.69 Å². The summed E-state index contributed by atoms with van der Waals surface area (Å²) in [6.07, 6.45) is 3.32. The van der Waals surface area contributed by atoms with E-state index in [0.29, 0.717) is 17.2 Å². The number of benzene rings is 1. The summed E-state index contributed by atoms with van der Waals surface area (Å²) in [5.41, 5.74) is 7.23. The van der Waals surface area contributed by atoms with Crippen molar-refractivity contribution in [2.75, 3.05) is 19.0 Å². The Morgan fingerprint density at radius 2 is 2.23 bits per heavy atom. The first-order valence-corrected chi connectivity index (χ1v) is 6.84. The summed E-state index contributed by atoms with van der Waals surface area (Å²) in [4.78, 5) is 15.8. The van der Waals surface area contributed by atoms with Gasteiger partial charge in [0, 0.05) is 19.0 Å². The molecule has 6 nitrogen and oxygen atoms in total. The van der Waals surface area contributed by atoms with E-state index in [1.807, 2.05) is 19.1 Å². The fraction of sp³-hybridized carbons (Fsp3) is 0.250. The summed E-state index contributed by atoms with van der Waals surface area (Å²) < 4.78 is 10.6. The Labute approximate surface area is 129 Å². The van der Waals surface area contributed by atoms with Crippen LogP contribution in [0.1, 0.15) is 5.56 Å². The number of rotatable bonds is 6. The molecular weight excluding hydrogens is 282 g/mol. The van der Waals surface area contributed by atoms with Crippen LogP contribution in [-0.2, 0) is 9.53 Å². The number of nitrogens with one attached hydrogen (secondary N) is 1. The number of carbonyl (C=O) groups excluding carboxylic acids is 1. The number of anilines is 1. The molecule has 0 aliphatic carbocycles. The second-order valence-electron chi connectivity index (χ2n) is 4.82. The predicted molar refractivity (Wildman–Crippen MR) is 84.0 cm³/mol. The quantitative estimate of drug-likeness (QED) is 0.853. The summed E-state index contributed by atoms with van der Waals surface area (Å²) in [5.74, 6) is 1.07. The number of ether oxygens (including phenoxy) is 2. The number of hydrogen-bond acceptors (Lipinski definition) is 5. The van der Waals surface area contributed by atoms with E-state index in [1.165, 1.54) is 7.11 Å². The van der Waals surface area contributed by atoms with Crippen LogP contribution in [0.5, 0.6) is 11.5 Å². The van der Waals surface area contributed by atoms with Crippen LogP contribution < -0.4 is 15.8 Å². The molecule has 1 atom stereocenters. The van der Waals surface area contributed by atoms with E-state index in [4.69, 9.17) is 15.2 Å². The zero-order chi connectivity index (χ0) is 15.9. The van der Waals surface area contributed by atoms with Crippen molar-refractivity contribution < 1.29 is 14.3 Å². The molecule has 0 aliphatic heterocycles. The van der Waals surface area contributed by atoms with Crippen molar-refractivity contribution in [3.63, 3.8) is 0 Å². The first kappa shape index (κ1) is 15.9. The fourth-order valence-corrected chi connectivity index (χ4v) is 1.87. The zero-order valence-corrected chi connectivity index (χ0v) is 12.6. The average Bonchev–Trinajstić information content (AvgIpc) is 2.51. The Balaban J connectivity index is 2.05. The minimum atomic E-state index is -0.698. The highest BCUT2D eigenvalue weighted by molar-refractivity contribution is 5.94. The molecule has 1 aromatic heterocycles. The smallest absolute Gasteiger partial charge is 0.243 e. The van der Waals surface area contributed by atoms with Crippen molar-refractivity contribution in [1.82, 2.24) is 4.98 Å². The van der Waals surface area contributed by atoms with Gasteiger partial charge in [-0.1, -0.05) is 0 Å². The standard InChI is InChI=1S/C16H19N3O3/c1-11-8-12(19-16(20)14(17)10-21-2)5-6-15(11)22-13-4-3-7-18-9-13/h3-9,14H,10,17H2,1-2H3,(H,19,20). The van der Waals surface area contributed by atoms with Crippen LogP contribution >= 0.6 is 0 Å². The molecule has 2 rings (SSSR count). The Morgan fingerprint density at radius 3 is 2.86 bits per heavy atom. The van der Waals surface area contributed by atoms with Crippen LogP contribution in [0.3, 0.4) is 0 Å². The molecule has 0 saturated carbocycles. The number of amides is 1. The van der Waals surface area contributed by atoms with Crippen molar-refractivity contribution in [1.29, 1.82) is 0 Å². The zero-order valence-electron chi connectivity index (χ0n) is 12.6. The molecule has 116 valence electrons. The van der Waals surface area contributed by atoms with Crippen LogP contribution in [-0.4, -0.2) is 30.6 Å². The van der Waals surface area contributed by atoms with Gasteiger partial charge in [-0.15, -0.1) is 0 Å². The second-order valence-corrected chi connectivity index (χ2v) is 4.82. The van der Waals surface area contributed by atoms with Crippen molar-refractivity contribution in [3.8, 4) is 11.5 Å². The summed E-state index contributed by atoms with van der Waals surface area (Å²) >= 11 is 0. The molecule has 2 aromatic rings. The molecule has 0 fully saturated rings. The highest BCUT2D eigenvalue weighted by Crippen LogP contribution is 2.26. The van der Waals surface area contributed by atoms with Gasteiger partial charge in [0.1, 0.15) is 17.5 Å². The van der Waals surface area contributed by atoms with Crippen LogP contribution in [0.2, 0.25) is 0 Å². The molecule has 6 heteroatoms. The number of pyridine rings is 1. The molecule has 1 unspecified atom stereocenters. The minimum Gasteiger partial charge on any atom is -0.455 e. The molecule has 1 amide bonds. The molecule has 1 aromatic carbocycles. The number of carbonyl (C=O) groups is 1. The molecule has 0 aliphatic rings. The SMILES string of the molecule is COCC(N)C(=O)Nc1ccc(Oc2cccnc2)c(C)c1. The molecule has 22 heavy (non-hydrogen) atoms. The van der Waals surface area contributed by atoms with Gasteiger partial charge in [0.05, 0.1) is 12.8 Å². The summed E-state index contributed by atoms with van der Waals surface area (Å²) in [5, 5.41) is 2.75. The molecule has 0 saturated heterocycles. The first-order chi connectivity index (χ1) is 10.6. The first-order valence-electron chi connectivity index (χ1n) is 6.84. The van der Waals surface area contributed by atoms with E-state index in [0.717, 1.165) is 5.56 Å². The van der Waals surface area contributed by atoms with Gasteiger partial charge in [-0.3, -0.25) is 9.78 Å². The topological polar surface area (TPSA) is 86.5 Å². The van der Waals surface area contributed by atoms with Crippen molar-refractivity contribution >= 4 is 11.6 Å². The fourth-order valence-electron chi connectivity index (χ4n) is 1.87. The highest BCUT2D eigenvalue weighted by atomic mass is 16.5. The summed E-state index contributed by atoms with van der Waals surface area (Å²) in [7, 11) is 1.50. The number of nitrogens with two attached hydrogens (primary N) is 1. The normalized spacial score (nSPS) is 11.8. The third-order valence-corrected chi connectivity index (χ3v) is 2.99. The van der Waals surface area contributed by atoms with Crippen LogP contribution in [0, 0.1) is 6.92 Å².